The number of hydrogen-bond donors (Lipinski definition) is 1. The Hall–Kier alpha value is -3.30. The Labute approximate surface area is 186 Å². The van der Waals surface area contributed by atoms with Crippen LogP contribution in [0, 0.1) is 0 Å². The van der Waals surface area contributed by atoms with Gasteiger partial charge >= 0.3 is 0 Å². The molecule has 1 N–H and O–H groups in total. The summed E-state index contributed by atoms with van der Waals surface area (Å²) in [5, 5.41) is 6.99. The van der Waals surface area contributed by atoms with E-state index in [0.29, 0.717) is 36.4 Å². The van der Waals surface area contributed by atoms with Crippen LogP contribution in [0.15, 0.2) is 47.1 Å². The zero-order valence-electron chi connectivity index (χ0n) is 18.3. The molecule has 1 fully saturated rings. The average Bonchev–Trinajstić information content (AvgIpc) is 3.45. The van der Waals surface area contributed by atoms with Gasteiger partial charge in [0.1, 0.15) is 6.61 Å². The van der Waals surface area contributed by atoms with Gasteiger partial charge in [0.2, 0.25) is 23.5 Å². The first-order chi connectivity index (χ1) is 15.6. The predicted molar refractivity (Wildman–Crippen MR) is 118 cm³/mol. The summed E-state index contributed by atoms with van der Waals surface area (Å²) in [5.74, 6) is 1.44. The van der Waals surface area contributed by atoms with Crippen molar-refractivity contribution in [3.63, 3.8) is 0 Å². The van der Waals surface area contributed by atoms with Gasteiger partial charge in [0, 0.05) is 32.5 Å². The van der Waals surface area contributed by atoms with Crippen molar-refractivity contribution in [3.8, 4) is 17.3 Å². The highest BCUT2D eigenvalue weighted by molar-refractivity contribution is 5.88. The Bertz CT molecular complexity index is 1040. The smallest absolute Gasteiger partial charge is 0.244 e. The second kappa shape index (κ2) is 10.3. The standard InChI is InChI=1S/C23H27N5O4/c1-16(29)25-18-9-7-17(8-10-18)15-28-12-4-6-20(28)23-26-21(27-32-23)19-5-3-11-24-22(19)31-14-13-30-2/h3,5,7-11,20H,4,6,12-15H2,1-2H3,(H,25,29). The highest BCUT2D eigenvalue weighted by Crippen LogP contribution is 2.34. The third-order valence-corrected chi connectivity index (χ3v) is 5.29. The molecule has 0 radical (unpaired) electrons. The van der Waals surface area contributed by atoms with E-state index in [0.717, 1.165) is 37.2 Å². The first-order valence-electron chi connectivity index (χ1n) is 10.7. The van der Waals surface area contributed by atoms with Crippen LogP contribution in [0.25, 0.3) is 11.4 Å². The lowest BCUT2D eigenvalue weighted by Crippen LogP contribution is -2.23. The van der Waals surface area contributed by atoms with Crippen molar-refractivity contribution in [1.29, 1.82) is 0 Å². The van der Waals surface area contributed by atoms with Crippen molar-refractivity contribution >= 4 is 11.6 Å². The topological polar surface area (TPSA) is 103 Å². The Kier molecular flexibility index (Phi) is 7.08. The number of amides is 1. The van der Waals surface area contributed by atoms with E-state index in [2.05, 4.69) is 25.3 Å². The van der Waals surface area contributed by atoms with E-state index in [1.807, 2.05) is 36.4 Å². The van der Waals surface area contributed by atoms with Gasteiger partial charge in [-0.05, 0) is 49.2 Å². The van der Waals surface area contributed by atoms with Crippen LogP contribution in [0.5, 0.6) is 5.88 Å². The van der Waals surface area contributed by atoms with E-state index in [4.69, 9.17) is 14.0 Å². The van der Waals surface area contributed by atoms with Crippen molar-refractivity contribution < 1.29 is 18.8 Å². The second-order valence-electron chi connectivity index (χ2n) is 7.66. The van der Waals surface area contributed by atoms with Gasteiger partial charge in [0.25, 0.3) is 0 Å². The van der Waals surface area contributed by atoms with Crippen LogP contribution in [0.4, 0.5) is 5.69 Å². The fourth-order valence-electron chi connectivity index (χ4n) is 3.80. The molecule has 168 valence electrons. The first kappa shape index (κ1) is 21.9. The number of anilines is 1. The predicted octanol–water partition coefficient (Wildman–Crippen LogP) is 3.45. The fourth-order valence-corrected chi connectivity index (χ4v) is 3.80. The summed E-state index contributed by atoms with van der Waals surface area (Å²) in [6, 6.07) is 11.6. The number of rotatable bonds is 9. The number of methoxy groups -OCH3 is 1. The van der Waals surface area contributed by atoms with Crippen LogP contribution >= 0.6 is 0 Å². The minimum absolute atomic E-state index is 0.0563. The van der Waals surface area contributed by atoms with Gasteiger partial charge in [0.15, 0.2) is 0 Å². The summed E-state index contributed by atoms with van der Waals surface area (Å²) in [6.07, 6.45) is 3.68. The second-order valence-corrected chi connectivity index (χ2v) is 7.66. The summed E-state index contributed by atoms with van der Waals surface area (Å²) in [5.41, 5.74) is 2.64. The van der Waals surface area contributed by atoms with Crippen molar-refractivity contribution in [2.45, 2.75) is 32.4 Å². The van der Waals surface area contributed by atoms with E-state index < -0.39 is 0 Å². The zero-order valence-corrected chi connectivity index (χ0v) is 18.3. The minimum Gasteiger partial charge on any atom is -0.475 e. The van der Waals surface area contributed by atoms with Gasteiger partial charge in [0.05, 0.1) is 18.2 Å². The largest absolute Gasteiger partial charge is 0.475 e. The average molecular weight is 438 g/mol. The number of ether oxygens (including phenoxy) is 2. The molecular formula is C23H27N5O4. The molecule has 1 saturated heterocycles. The summed E-state index contributed by atoms with van der Waals surface area (Å²) in [6.45, 7) is 4.08. The van der Waals surface area contributed by atoms with E-state index in [-0.39, 0.29) is 11.9 Å². The molecule has 4 rings (SSSR count). The molecule has 1 aliphatic rings. The third kappa shape index (κ3) is 5.30. The number of nitrogens with one attached hydrogen (secondary N) is 1. The van der Waals surface area contributed by atoms with E-state index in [1.165, 1.54) is 6.92 Å². The van der Waals surface area contributed by atoms with Crippen LogP contribution in [0.1, 0.15) is 37.3 Å². The summed E-state index contributed by atoms with van der Waals surface area (Å²) < 4.78 is 16.4. The van der Waals surface area contributed by atoms with Crippen molar-refractivity contribution in [2.24, 2.45) is 0 Å². The number of hydrogen-bond acceptors (Lipinski definition) is 8. The number of benzene rings is 1. The minimum atomic E-state index is -0.0783. The number of pyridine rings is 1. The lowest BCUT2D eigenvalue weighted by Gasteiger charge is -2.21. The number of nitrogens with zero attached hydrogens (tertiary/aromatic N) is 4. The van der Waals surface area contributed by atoms with Gasteiger partial charge in [-0.1, -0.05) is 17.3 Å². The molecule has 0 spiro atoms. The van der Waals surface area contributed by atoms with Crippen molar-refractivity contribution in [2.75, 3.05) is 32.2 Å². The molecule has 1 aromatic carbocycles. The molecule has 9 nitrogen and oxygen atoms in total. The summed E-state index contributed by atoms with van der Waals surface area (Å²) in [4.78, 5) is 22.5. The molecule has 3 heterocycles. The van der Waals surface area contributed by atoms with E-state index in [1.54, 1.807) is 13.3 Å². The normalized spacial score (nSPS) is 16.2. The molecule has 0 aliphatic carbocycles. The van der Waals surface area contributed by atoms with Gasteiger partial charge in [-0.25, -0.2) is 4.98 Å². The monoisotopic (exact) mass is 437 g/mol. The molecule has 9 heteroatoms. The molecule has 1 aliphatic heterocycles. The number of carbonyl (C=O) groups excluding carboxylic acids is 1. The third-order valence-electron chi connectivity index (χ3n) is 5.29. The Morgan fingerprint density at radius 1 is 1.25 bits per heavy atom. The first-order valence-corrected chi connectivity index (χ1v) is 10.7. The molecule has 1 atom stereocenters. The maximum atomic E-state index is 11.2. The Morgan fingerprint density at radius 3 is 2.88 bits per heavy atom. The summed E-state index contributed by atoms with van der Waals surface area (Å²) in [7, 11) is 1.62. The molecular weight excluding hydrogens is 410 g/mol. The Morgan fingerprint density at radius 2 is 2.09 bits per heavy atom. The lowest BCUT2D eigenvalue weighted by atomic mass is 10.1. The molecule has 1 amide bonds. The van der Waals surface area contributed by atoms with Gasteiger partial charge < -0.3 is 19.3 Å². The molecule has 32 heavy (non-hydrogen) atoms. The van der Waals surface area contributed by atoms with Gasteiger partial charge in [-0.2, -0.15) is 4.98 Å². The molecule has 1 unspecified atom stereocenters. The Balaban J connectivity index is 1.46. The number of aromatic nitrogens is 3. The van der Waals surface area contributed by atoms with Crippen LogP contribution in [0.2, 0.25) is 0 Å². The van der Waals surface area contributed by atoms with Crippen LogP contribution < -0.4 is 10.1 Å². The number of carbonyl (C=O) groups is 1. The maximum absolute atomic E-state index is 11.2. The van der Waals surface area contributed by atoms with Gasteiger partial charge in [-0.15, -0.1) is 0 Å². The molecule has 0 bridgehead atoms. The van der Waals surface area contributed by atoms with E-state index in [9.17, 15) is 4.79 Å². The van der Waals surface area contributed by atoms with Crippen LogP contribution in [-0.4, -0.2) is 52.8 Å². The summed E-state index contributed by atoms with van der Waals surface area (Å²) >= 11 is 0. The SMILES string of the molecule is COCCOc1ncccc1-c1noc(C2CCCN2Cc2ccc(NC(C)=O)cc2)n1. The molecule has 3 aromatic rings. The number of likely N-dealkylation sites (tertiary alicyclic amines) is 1. The lowest BCUT2D eigenvalue weighted by molar-refractivity contribution is -0.114. The molecule has 2 aromatic heterocycles. The highest BCUT2D eigenvalue weighted by Gasteiger charge is 2.31. The van der Waals surface area contributed by atoms with E-state index >= 15 is 0 Å². The van der Waals surface area contributed by atoms with Gasteiger partial charge in [-0.3, -0.25) is 9.69 Å². The van der Waals surface area contributed by atoms with Crippen LogP contribution in [-0.2, 0) is 16.1 Å². The molecule has 0 saturated carbocycles. The maximum Gasteiger partial charge on any atom is 0.244 e. The fraction of sp³-hybridized carbons (Fsp3) is 0.391. The van der Waals surface area contributed by atoms with Crippen LogP contribution in [0.3, 0.4) is 0 Å². The highest BCUT2D eigenvalue weighted by atomic mass is 16.5. The quantitative estimate of drug-likeness (QED) is 0.508. The zero-order chi connectivity index (χ0) is 22.3. The van der Waals surface area contributed by atoms with Crippen molar-refractivity contribution in [3.05, 3.63) is 54.0 Å². The van der Waals surface area contributed by atoms with Crippen molar-refractivity contribution in [1.82, 2.24) is 20.0 Å².